The molecule has 14 heavy (non-hydrogen) atoms. The van der Waals surface area contributed by atoms with Crippen molar-refractivity contribution in [2.75, 3.05) is 3.53 Å². The van der Waals surface area contributed by atoms with Crippen LogP contribution in [0.1, 0.15) is 0 Å². The molecule has 1 N–H and O–H groups in total. The van der Waals surface area contributed by atoms with Crippen LogP contribution in [0.3, 0.4) is 0 Å². The van der Waals surface area contributed by atoms with Gasteiger partial charge in [-0.2, -0.15) is 0 Å². The summed E-state index contributed by atoms with van der Waals surface area (Å²) in [4.78, 5) is 0. The van der Waals surface area contributed by atoms with Gasteiger partial charge < -0.3 is 8.27 Å². The molecule has 0 bridgehead atoms. The van der Waals surface area contributed by atoms with E-state index in [1.165, 1.54) is 12.1 Å². The molecule has 78 valence electrons. The van der Waals surface area contributed by atoms with E-state index < -0.39 is 6.36 Å². The highest BCUT2D eigenvalue weighted by molar-refractivity contribution is 14.1. The number of alkyl halides is 3. The quantitative estimate of drug-likeness (QED) is 0.615. The fraction of sp³-hybridized carbons (Fsp3) is 0.143. The number of halogens is 5. The van der Waals surface area contributed by atoms with Crippen LogP contribution in [0.5, 0.6) is 5.75 Å². The van der Waals surface area contributed by atoms with Gasteiger partial charge >= 0.3 is 6.36 Å². The Morgan fingerprint density at radius 1 is 1.36 bits per heavy atom. The first-order valence-corrected chi connectivity index (χ1v) is 5.21. The summed E-state index contributed by atoms with van der Waals surface area (Å²) in [5, 5.41) is 0. The Labute approximate surface area is 100 Å². The molecule has 0 aliphatic carbocycles. The van der Waals surface area contributed by atoms with E-state index in [1.807, 2.05) is 0 Å². The van der Waals surface area contributed by atoms with Crippen molar-refractivity contribution in [3.05, 3.63) is 22.7 Å². The predicted molar refractivity (Wildman–Crippen MR) is 58.5 cm³/mol. The van der Waals surface area contributed by atoms with Gasteiger partial charge in [-0.25, -0.2) is 0 Å². The number of hydrogen-bond acceptors (Lipinski definition) is 2. The van der Waals surface area contributed by atoms with Crippen LogP contribution >= 0.6 is 38.8 Å². The number of ether oxygens (including phenoxy) is 1. The molecular formula is C7H4BrF3INO. The first-order valence-electron chi connectivity index (χ1n) is 3.34. The zero-order chi connectivity index (χ0) is 10.8. The molecule has 0 saturated carbocycles. The van der Waals surface area contributed by atoms with Crippen molar-refractivity contribution in [3.8, 4) is 5.75 Å². The van der Waals surface area contributed by atoms with Gasteiger partial charge in [-0.1, -0.05) is 15.9 Å². The molecule has 0 fully saturated rings. The minimum atomic E-state index is -4.68. The van der Waals surface area contributed by atoms with Gasteiger partial charge in [0, 0.05) is 4.47 Å². The third kappa shape index (κ3) is 3.52. The fourth-order valence-electron chi connectivity index (χ4n) is 0.783. The van der Waals surface area contributed by atoms with Gasteiger partial charge in [-0.05, 0) is 18.2 Å². The van der Waals surface area contributed by atoms with Crippen molar-refractivity contribution in [1.29, 1.82) is 0 Å². The standard InChI is InChI=1S/C7H4BrF3INO/c8-4-1-2-5(13-12)6(3-4)14-7(9,10)11/h1-3,13H. The summed E-state index contributed by atoms with van der Waals surface area (Å²) in [6.07, 6.45) is -4.68. The summed E-state index contributed by atoms with van der Waals surface area (Å²) in [5.74, 6) is -0.263. The van der Waals surface area contributed by atoms with Crippen molar-refractivity contribution in [2.45, 2.75) is 6.36 Å². The maximum atomic E-state index is 11.9. The highest BCUT2D eigenvalue weighted by atomic mass is 127. The van der Waals surface area contributed by atoms with Crippen molar-refractivity contribution in [1.82, 2.24) is 0 Å². The topological polar surface area (TPSA) is 21.3 Å². The highest BCUT2D eigenvalue weighted by Crippen LogP contribution is 2.33. The van der Waals surface area contributed by atoms with E-state index in [0.717, 1.165) is 0 Å². The second-order valence-corrected chi connectivity index (χ2v) is 3.74. The number of benzene rings is 1. The molecule has 0 saturated heterocycles. The summed E-state index contributed by atoms with van der Waals surface area (Å²) >= 11 is 4.78. The second kappa shape index (κ2) is 4.56. The van der Waals surface area contributed by atoms with Gasteiger partial charge in [0.1, 0.15) is 0 Å². The van der Waals surface area contributed by atoms with E-state index in [0.29, 0.717) is 4.47 Å². The second-order valence-electron chi connectivity index (χ2n) is 2.28. The van der Waals surface area contributed by atoms with E-state index >= 15 is 0 Å². The average molecular weight is 382 g/mol. The lowest BCUT2D eigenvalue weighted by molar-refractivity contribution is -0.274. The van der Waals surface area contributed by atoms with Crippen LogP contribution in [0, 0.1) is 0 Å². The first kappa shape index (κ1) is 11.9. The summed E-state index contributed by atoms with van der Waals surface area (Å²) < 4.78 is 42.7. The van der Waals surface area contributed by atoms with Crippen molar-refractivity contribution < 1.29 is 17.9 Å². The molecule has 0 aromatic heterocycles. The van der Waals surface area contributed by atoms with Crippen molar-refractivity contribution in [3.63, 3.8) is 0 Å². The third-order valence-electron chi connectivity index (χ3n) is 1.27. The lowest BCUT2D eigenvalue weighted by Gasteiger charge is -2.12. The lowest BCUT2D eigenvalue weighted by Crippen LogP contribution is -2.17. The smallest absolute Gasteiger partial charge is 0.404 e. The number of hydrogen-bond donors (Lipinski definition) is 1. The van der Waals surface area contributed by atoms with E-state index in [1.54, 1.807) is 28.9 Å². The number of nitrogens with one attached hydrogen (secondary N) is 1. The minimum Gasteiger partial charge on any atom is -0.404 e. The van der Waals surface area contributed by atoms with E-state index in [4.69, 9.17) is 0 Å². The van der Waals surface area contributed by atoms with Gasteiger partial charge in [-0.3, -0.25) is 0 Å². The van der Waals surface area contributed by atoms with E-state index in [-0.39, 0.29) is 11.4 Å². The van der Waals surface area contributed by atoms with Gasteiger partial charge in [-0.15, -0.1) is 13.2 Å². The Morgan fingerprint density at radius 3 is 2.50 bits per heavy atom. The van der Waals surface area contributed by atoms with E-state index in [2.05, 4.69) is 24.2 Å². The average Bonchev–Trinajstić information content (AvgIpc) is 2.01. The number of anilines is 1. The summed E-state index contributed by atoms with van der Waals surface area (Å²) in [7, 11) is 0. The Hall–Kier alpha value is -0.180. The van der Waals surface area contributed by atoms with Crippen LogP contribution in [-0.4, -0.2) is 6.36 Å². The lowest BCUT2D eigenvalue weighted by atomic mass is 10.3. The summed E-state index contributed by atoms with van der Waals surface area (Å²) in [6.45, 7) is 0. The van der Waals surface area contributed by atoms with Crippen LogP contribution in [0.15, 0.2) is 22.7 Å². The number of rotatable bonds is 2. The molecule has 0 aliphatic heterocycles. The highest BCUT2D eigenvalue weighted by Gasteiger charge is 2.32. The molecule has 1 aromatic rings. The van der Waals surface area contributed by atoms with Gasteiger partial charge in [0.15, 0.2) is 5.75 Å². The van der Waals surface area contributed by atoms with Crippen LogP contribution in [-0.2, 0) is 0 Å². The van der Waals surface area contributed by atoms with Crippen LogP contribution < -0.4 is 8.27 Å². The van der Waals surface area contributed by atoms with Crippen molar-refractivity contribution in [2.24, 2.45) is 0 Å². The maximum Gasteiger partial charge on any atom is 0.573 e. The molecule has 0 unspecified atom stereocenters. The Bertz CT molecular complexity index is 331. The van der Waals surface area contributed by atoms with Gasteiger partial charge in [0.05, 0.1) is 28.6 Å². The van der Waals surface area contributed by atoms with Crippen LogP contribution in [0.2, 0.25) is 0 Å². The Morgan fingerprint density at radius 2 is 2.00 bits per heavy atom. The third-order valence-corrected chi connectivity index (χ3v) is 2.35. The zero-order valence-electron chi connectivity index (χ0n) is 6.53. The molecule has 1 aromatic carbocycles. The molecule has 7 heteroatoms. The van der Waals surface area contributed by atoms with Crippen LogP contribution in [0.25, 0.3) is 0 Å². The molecule has 0 heterocycles. The molecule has 0 atom stereocenters. The zero-order valence-corrected chi connectivity index (χ0v) is 10.3. The first-order chi connectivity index (χ1) is 6.42. The van der Waals surface area contributed by atoms with Gasteiger partial charge in [0.25, 0.3) is 0 Å². The van der Waals surface area contributed by atoms with Gasteiger partial charge in [0.2, 0.25) is 0 Å². The molecule has 2 nitrogen and oxygen atoms in total. The molecule has 0 spiro atoms. The predicted octanol–water partition coefficient (Wildman–Crippen LogP) is 4.11. The molecule has 0 aliphatic rings. The van der Waals surface area contributed by atoms with E-state index in [9.17, 15) is 13.2 Å². The normalized spacial score (nSPS) is 11.2. The SMILES string of the molecule is FC(F)(F)Oc1cc(Br)ccc1NI. The molecule has 1 rings (SSSR count). The Balaban J connectivity index is 2.99. The van der Waals surface area contributed by atoms with Crippen LogP contribution in [0.4, 0.5) is 18.9 Å². The minimum absolute atomic E-state index is 0.263. The van der Waals surface area contributed by atoms with Crippen molar-refractivity contribution >= 4 is 44.5 Å². The summed E-state index contributed by atoms with van der Waals surface area (Å²) in [6, 6.07) is 4.34. The molecule has 0 amide bonds. The fourth-order valence-corrected chi connectivity index (χ4v) is 1.57. The molecular weight excluding hydrogens is 378 g/mol. The largest absolute Gasteiger partial charge is 0.573 e. The maximum absolute atomic E-state index is 11.9. The Kier molecular flexibility index (Phi) is 3.87. The summed E-state index contributed by atoms with van der Waals surface area (Å²) in [5.41, 5.74) is 0.270. The molecule has 0 radical (unpaired) electrons. The monoisotopic (exact) mass is 381 g/mol.